The van der Waals surface area contributed by atoms with E-state index < -0.39 is 26.9 Å². The molecular formula is C11H10F2N2O3S2. The molecule has 0 aliphatic heterocycles. The number of sulfonamides is 1. The first kappa shape index (κ1) is 13.5. The summed E-state index contributed by atoms with van der Waals surface area (Å²) < 4.78 is 56.9. The van der Waals surface area contributed by atoms with Crippen molar-refractivity contribution in [2.45, 2.75) is 30.1 Å². The van der Waals surface area contributed by atoms with E-state index in [1.165, 1.54) is 11.6 Å². The van der Waals surface area contributed by atoms with E-state index in [4.69, 9.17) is 4.52 Å². The maximum absolute atomic E-state index is 12.8. The number of anilines is 1. The van der Waals surface area contributed by atoms with E-state index in [1.807, 2.05) is 0 Å². The third-order valence-electron chi connectivity index (χ3n) is 3.02. The molecule has 1 fully saturated rings. The zero-order valence-corrected chi connectivity index (χ0v) is 11.7. The fourth-order valence-electron chi connectivity index (χ4n) is 1.86. The fourth-order valence-corrected chi connectivity index (χ4v) is 4.29. The van der Waals surface area contributed by atoms with Crippen molar-refractivity contribution in [1.29, 1.82) is 0 Å². The van der Waals surface area contributed by atoms with Gasteiger partial charge < -0.3 is 4.52 Å². The number of hydrogen-bond donors (Lipinski definition) is 1. The minimum Gasteiger partial charge on any atom is -0.362 e. The summed E-state index contributed by atoms with van der Waals surface area (Å²) in [6, 6.07) is 0. The fraction of sp³-hybridized carbons (Fsp3) is 0.364. The minimum atomic E-state index is -4.09. The quantitative estimate of drug-likeness (QED) is 0.917. The summed E-state index contributed by atoms with van der Waals surface area (Å²) in [6.45, 7) is 0. The second kappa shape index (κ2) is 4.81. The monoisotopic (exact) mass is 320 g/mol. The first-order valence-corrected chi connectivity index (χ1v) is 8.23. The van der Waals surface area contributed by atoms with E-state index in [1.54, 1.807) is 0 Å². The Labute approximate surface area is 117 Å². The highest BCUT2D eigenvalue weighted by molar-refractivity contribution is 7.92. The van der Waals surface area contributed by atoms with Gasteiger partial charge in [0, 0.05) is 21.9 Å². The van der Waals surface area contributed by atoms with Crippen LogP contribution in [-0.2, 0) is 10.0 Å². The number of nitrogens with one attached hydrogen (secondary N) is 1. The molecule has 5 nitrogen and oxygen atoms in total. The summed E-state index contributed by atoms with van der Waals surface area (Å²) in [5.74, 6) is 0.315. The molecule has 2 aromatic rings. The van der Waals surface area contributed by atoms with E-state index in [0.29, 0.717) is 5.56 Å². The molecule has 2 aromatic heterocycles. The summed E-state index contributed by atoms with van der Waals surface area (Å²) in [4.78, 5) is -0.415. The molecule has 20 heavy (non-hydrogen) atoms. The largest absolute Gasteiger partial charge is 0.362 e. The lowest BCUT2D eigenvalue weighted by Gasteiger charge is -2.07. The second-order valence-corrected chi connectivity index (χ2v) is 6.88. The van der Waals surface area contributed by atoms with E-state index in [2.05, 4.69) is 9.88 Å². The molecule has 0 amide bonds. The maximum Gasteiger partial charge on any atom is 0.265 e. The summed E-state index contributed by atoms with van der Waals surface area (Å²) in [5, 5.41) is 5.91. The number of halogens is 2. The van der Waals surface area contributed by atoms with Gasteiger partial charge in [-0.15, -0.1) is 0 Å². The molecule has 0 spiro atoms. The van der Waals surface area contributed by atoms with Gasteiger partial charge in [0.15, 0.2) is 5.82 Å². The normalized spacial score (nSPS) is 15.8. The smallest absolute Gasteiger partial charge is 0.265 e. The van der Waals surface area contributed by atoms with E-state index >= 15 is 0 Å². The molecule has 0 saturated heterocycles. The SMILES string of the molecule is O=S(=O)(Nc1nocc1C1CC1)c1cscc1C(F)F. The summed E-state index contributed by atoms with van der Waals surface area (Å²) in [6.07, 6.45) is 0.429. The zero-order chi connectivity index (χ0) is 14.3. The summed E-state index contributed by atoms with van der Waals surface area (Å²) >= 11 is 0.914. The summed E-state index contributed by atoms with van der Waals surface area (Å²) in [7, 11) is -4.09. The van der Waals surface area contributed by atoms with Gasteiger partial charge in [-0.3, -0.25) is 4.72 Å². The standard InChI is InChI=1S/C11H10F2N2O3S2/c12-10(13)8-4-19-5-9(8)20(16,17)15-11-7(3-18-14-11)6-1-2-6/h3-6,10H,1-2H2,(H,14,15). The minimum absolute atomic E-state index is 0.0823. The molecule has 0 radical (unpaired) electrons. The van der Waals surface area contributed by atoms with Crippen LogP contribution in [0.25, 0.3) is 0 Å². The van der Waals surface area contributed by atoms with Gasteiger partial charge in [0.25, 0.3) is 16.4 Å². The van der Waals surface area contributed by atoms with Crippen LogP contribution >= 0.6 is 11.3 Å². The van der Waals surface area contributed by atoms with Crippen molar-refractivity contribution in [3.63, 3.8) is 0 Å². The molecule has 9 heteroatoms. The van der Waals surface area contributed by atoms with Crippen LogP contribution in [0.15, 0.2) is 26.4 Å². The zero-order valence-electron chi connectivity index (χ0n) is 10.0. The van der Waals surface area contributed by atoms with Crippen LogP contribution in [0.5, 0.6) is 0 Å². The number of alkyl halides is 2. The average Bonchev–Trinajstić information content (AvgIpc) is 2.91. The van der Waals surface area contributed by atoms with Crippen molar-refractivity contribution in [2.24, 2.45) is 0 Å². The Kier molecular flexibility index (Phi) is 3.25. The molecule has 1 N–H and O–H groups in total. The lowest BCUT2D eigenvalue weighted by atomic mass is 10.2. The van der Waals surface area contributed by atoms with E-state index in [-0.39, 0.29) is 11.7 Å². The highest BCUT2D eigenvalue weighted by Gasteiger charge is 2.32. The van der Waals surface area contributed by atoms with Crippen molar-refractivity contribution in [3.05, 3.63) is 28.2 Å². The van der Waals surface area contributed by atoms with Crippen LogP contribution in [0.2, 0.25) is 0 Å². The Hall–Kier alpha value is -1.48. The molecule has 1 aliphatic carbocycles. The molecule has 1 aliphatic rings. The van der Waals surface area contributed by atoms with Crippen LogP contribution in [0.1, 0.15) is 36.3 Å². The van der Waals surface area contributed by atoms with Crippen molar-refractivity contribution >= 4 is 27.2 Å². The van der Waals surface area contributed by atoms with Gasteiger partial charge >= 0.3 is 0 Å². The Morgan fingerprint density at radius 1 is 1.40 bits per heavy atom. The molecule has 1 saturated carbocycles. The number of aromatic nitrogens is 1. The van der Waals surface area contributed by atoms with Crippen molar-refractivity contribution in [3.8, 4) is 0 Å². The van der Waals surface area contributed by atoms with Gasteiger partial charge in [-0.05, 0) is 18.8 Å². The van der Waals surface area contributed by atoms with Gasteiger partial charge in [0.2, 0.25) is 0 Å². The van der Waals surface area contributed by atoms with Gasteiger partial charge in [-0.25, -0.2) is 17.2 Å². The molecule has 0 aromatic carbocycles. The van der Waals surface area contributed by atoms with E-state index in [9.17, 15) is 17.2 Å². The van der Waals surface area contributed by atoms with Crippen LogP contribution in [0.3, 0.4) is 0 Å². The molecular weight excluding hydrogens is 310 g/mol. The number of thiophene rings is 1. The summed E-state index contributed by atoms with van der Waals surface area (Å²) in [5.41, 5.74) is 0.168. The highest BCUT2D eigenvalue weighted by Crippen LogP contribution is 2.43. The van der Waals surface area contributed by atoms with Crippen LogP contribution in [-0.4, -0.2) is 13.6 Å². The Balaban J connectivity index is 1.92. The third-order valence-corrected chi connectivity index (χ3v) is 5.33. The van der Waals surface area contributed by atoms with Crippen molar-refractivity contribution in [2.75, 3.05) is 4.72 Å². The van der Waals surface area contributed by atoms with Gasteiger partial charge in [-0.2, -0.15) is 11.3 Å². The molecule has 3 rings (SSSR count). The molecule has 0 unspecified atom stereocenters. The van der Waals surface area contributed by atoms with Crippen LogP contribution in [0, 0.1) is 0 Å². The first-order chi connectivity index (χ1) is 9.49. The van der Waals surface area contributed by atoms with Crippen molar-refractivity contribution < 1.29 is 21.7 Å². The lowest BCUT2D eigenvalue weighted by Crippen LogP contribution is -2.15. The average molecular weight is 320 g/mol. The van der Waals surface area contributed by atoms with Crippen LogP contribution in [0.4, 0.5) is 14.6 Å². The van der Waals surface area contributed by atoms with E-state index in [0.717, 1.165) is 29.6 Å². The number of rotatable bonds is 5. The predicted octanol–water partition coefficient (Wildman–Crippen LogP) is 3.35. The first-order valence-electron chi connectivity index (χ1n) is 5.80. The van der Waals surface area contributed by atoms with Gasteiger partial charge in [0.1, 0.15) is 11.2 Å². The number of nitrogens with zero attached hydrogens (tertiary/aromatic N) is 1. The van der Waals surface area contributed by atoms with Crippen molar-refractivity contribution in [1.82, 2.24) is 5.16 Å². The maximum atomic E-state index is 12.8. The molecule has 0 atom stereocenters. The number of hydrogen-bond acceptors (Lipinski definition) is 5. The molecule has 108 valence electrons. The topological polar surface area (TPSA) is 72.2 Å². The van der Waals surface area contributed by atoms with Crippen LogP contribution < -0.4 is 4.72 Å². The predicted molar refractivity (Wildman–Crippen MR) is 68.6 cm³/mol. The molecule has 2 heterocycles. The Morgan fingerprint density at radius 3 is 2.80 bits per heavy atom. The molecule has 0 bridgehead atoms. The lowest BCUT2D eigenvalue weighted by molar-refractivity contribution is 0.148. The third kappa shape index (κ3) is 2.42. The second-order valence-electron chi connectivity index (χ2n) is 4.49. The van der Waals surface area contributed by atoms with Gasteiger partial charge in [0.05, 0.1) is 0 Å². The van der Waals surface area contributed by atoms with Gasteiger partial charge in [-0.1, -0.05) is 5.16 Å². The Morgan fingerprint density at radius 2 is 2.15 bits per heavy atom. The Bertz CT molecular complexity index is 720. The highest BCUT2D eigenvalue weighted by atomic mass is 32.2.